The van der Waals surface area contributed by atoms with Gasteiger partial charge in [0.15, 0.2) is 0 Å². The molecule has 0 aliphatic heterocycles. The van der Waals surface area contributed by atoms with Crippen molar-refractivity contribution in [1.29, 1.82) is 0 Å². The summed E-state index contributed by atoms with van der Waals surface area (Å²) in [5, 5.41) is 0. The van der Waals surface area contributed by atoms with E-state index in [-0.39, 0.29) is 0 Å². The smallest absolute Gasteiger partial charge is 0.122 e. The molecule has 0 bridgehead atoms. The standard InChI is InChI=1S/C15H22OS/c1-2-9-14-10-5-6-11-15(14)16-12-7-3-4-8-13-17/h2,5-6,10-11,17H,1,3-4,7-9,12-13H2. The van der Waals surface area contributed by atoms with Gasteiger partial charge in [0.25, 0.3) is 0 Å². The average Bonchev–Trinajstić information content (AvgIpc) is 2.36. The molecule has 94 valence electrons. The van der Waals surface area contributed by atoms with E-state index >= 15 is 0 Å². The molecule has 0 spiro atoms. The van der Waals surface area contributed by atoms with Gasteiger partial charge in [-0.2, -0.15) is 12.6 Å². The Hall–Kier alpha value is -0.890. The molecular formula is C15H22OS. The third kappa shape index (κ3) is 5.83. The lowest BCUT2D eigenvalue weighted by Crippen LogP contribution is -2.00. The summed E-state index contributed by atoms with van der Waals surface area (Å²) < 4.78 is 5.80. The molecule has 0 N–H and O–H groups in total. The first kappa shape index (κ1) is 14.2. The molecule has 2 heteroatoms. The summed E-state index contributed by atoms with van der Waals surface area (Å²) in [5.41, 5.74) is 1.22. The van der Waals surface area contributed by atoms with Crippen LogP contribution in [0.2, 0.25) is 0 Å². The number of thiol groups is 1. The van der Waals surface area contributed by atoms with Gasteiger partial charge in [-0.05, 0) is 36.6 Å². The van der Waals surface area contributed by atoms with Gasteiger partial charge in [-0.3, -0.25) is 0 Å². The molecule has 1 aromatic carbocycles. The van der Waals surface area contributed by atoms with Gasteiger partial charge >= 0.3 is 0 Å². The maximum atomic E-state index is 5.80. The van der Waals surface area contributed by atoms with Crippen molar-refractivity contribution in [2.24, 2.45) is 0 Å². The summed E-state index contributed by atoms with van der Waals surface area (Å²) >= 11 is 4.20. The fourth-order valence-electron chi connectivity index (χ4n) is 1.72. The van der Waals surface area contributed by atoms with E-state index in [4.69, 9.17) is 4.74 Å². The van der Waals surface area contributed by atoms with Crippen LogP contribution in [0.4, 0.5) is 0 Å². The minimum Gasteiger partial charge on any atom is -0.493 e. The van der Waals surface area contributed by atoms with Crippen LogP contribution in [0.25, 0.3) is 0 Å². The molecule has 17 heavy (non-hydrogen) atoms. The molecule has 0 fully saturated rings. The predicted octanol–water partition coefficient (Wildman–Crippen LogP) is 4.28. The molecular weight excluding hydrogens is 228 g/mol. The number of hydrogen-bond acceptors (Lipinski definition) is 2. The van der Waals surface area contributed by atoms with Crippen molar-refractivity contribution in [3.63, 3.8) is 0 Å². The van der Waals surface area contributed by atoms with E-state index < -0.39 is 0 Å². The van der Waals surface area contributed by atoms with E-state index in [1.54, 1.807) is 0 Å². The van der Waals surface area contributed by atoms with Gasteiger partial charge < -0.3 is 4.74 Å². The quantitative estimate of drug-likeness (QED) is 0.391. The summed E-state index contributed by atoms with van der Waals surface area (Å²) in [6, 6.07) is 8.19. The Balaban J connectivity index is 2.28. The highest BCUT2D eigenvalue weighted by atomic mass is 32.1. The molecule has 0 saturated heterocycles. The van der Waals surface area contributed by atoms with Crippen LogP contribution in [0.1, 0.15) is 31.2 Å². The molecule has 0 atom stereocenters. The fraction of sp³-hybridized carbons (Fsp3) is 0.467. The van der Waals surface area contributed by atoms with E-state index in [1.807, 2.05) is 24.3 Å². The number of benzene rings is 1. The monoisotopic (exact) mass is 250 g/mol. The molecule has 0 amide bonds. The largest absolute Gasteiger partial charge is 0.493 e. The maximum Gasteiger partial charge on any atom is 0.122 e. The molecule has 1 nitrogen and oxygen atoms in total. The lowest BCUT2D eigenvalue weighted by atomic mass is 10.1. The molecule has 0 saturated carbocycles. The van der Waals surface area contributed by atoms with Crippen molar-refractivity contribution >= 4 is 12.6 Å². The molecule has 0 radical (unpaired) electrons. The van der Waals surface area contributed by atoms with Crippen LogP contribution in [0.3, 0.4) is 0 Å². The van der Waals surface area contributed by atoms with Gasteiger partial charge in [0, 0.05) is 0 Å². The Morgan fingerprint density at radius 3 is 2.65 bits per heavy atom. The van der Waals surface area contributed by atoms with Gasteiger partial charge in [-0.1, -0.05) is 37.1 Å². The van der Waals surface area contributed by atoms with Crippen LogP contribution < -0.4 is 4.74 Å². The summed E-state index contributed by atoms with van der Waals surface area (Å²) in [4.78, 5) is 0. The van der Waals surface area contributed by atoms with Crippen molar-refractivity contribution in [1.82, 2.24) is 0 Å². The maximum absolute atomic E-state index is 5.80. The second kappa shape index (κ2) is 9.17. The van der Waals surface area contributed by atoms with Crippen molar-refractivity contribution in [3.05, 3.63) is 42.5 Å². The number of unbranched alkanes of at least 4 members (excludes halogenated alkanes) is 3. The third-order valence-electron chi connectivity index (χ3n) is 2.65. The number of rotatable bonds is 9. The highest BCUT2D eigenvalue weighted by Crippen LogP contribution is 2.19. The second-order valence-corrected chi connectivity index (χ2v) is 4.53. The number of ether oxygens (including phenoxy) is 1. The summed E-state index contributed by atoms with van der Waals surface area (Å²) in [6.07, 6.45) is 7.59. The topological polar surface area (TPSA) is 9.23 Å². The first-order valence-corrected chi connectivity index (χ1v) is 6.94. The number of para-hydroxylation sites is 1. The molecule has 0 unspecified atom stereocenters. The predicted molar refractivity (Wildman–Crippen MR) is 78.2 cm³/mol. The lowest BCUT2D eigenvalue weighted by Gasteiger charge is -2.10. The minimum absolute atomic E-state index is 0.806. The Morgan fingerprint density at radius 2 is 1.88 bits per heavy atom. The van der Waals surface area contributed by atoms with Crippen LogP contribution in [0.15, 0.2) is 36.9 Å². The molecule has 1 rings (SSSR count). The van der Waals surface area contributed by atoms with Crippen molar-refractivity contribution in [2.75, 3.05) is 12.4 Å². The highest BCUT2D eigenvalue weighted by molar-refractivity contribution is 7.80. The Morgan fingerprint density at radius 1 is 1.12 bits per heavy atom. The SMILES string of the molecule is C=CCc1ccccc1OCCCCCCS. The van der Waals surface area contributed by atoms with E-state index in [2.05, 4.69) is 25.3 Å². The van der Waals surface area contributed by atoms with Crippen molar-refractivity contribution in [2.45, 2.75) is 32.1 Å². The molecule has 0 aliphatic carbocycles. The van der Waals surface area contributed by atoms with E-state index in [9.17, 15) is 0 Å². The zero-order valence-electron chi connectivity index (χ0n) is 10.4. The van der Waals surface area contributed by atoms with Gasteiger partial charge in [0.05, 0.1) is 6.61 Å². The zero-order valence-corrected chi connectivity index (χ0v) is 11.3. The van der Waals surface area contributed by atoms with Crippen LogP contribution in [0.5, 0.6) is 5.75 Å². The Kier molecular flexibility index (Phi) is 7.65. The van der Waals surface area contributed by atoms with E-state index in [0.717, 1.165) is 31.0 Å². The van der Waals surface area contributed by atoms with Gasteiger partial charge in [-0.25, -0.2) is 0 Å². The van der Waals surface area contributed by atoms with Crippen LogP contribution in [-0.4, -0.2) is 12.4 Å². The summed E-state index contributed by atoms with van der Waals surface area (Å²) in [5.74, 6) is 1.99. The summed E-state index contributed by atoms with van der Waals surface area (Å²) in [6.45, 7) is 4.57. The van der Waals surface area contributed by atoms with Crippen LogP contribution >= 0.6 is 12.6 Å². The number of hydrogen-bond donors (Lipinski definition) is 1. The van der Waals surface area contributed by atoms with Gasteiger partial charge in [0.2, 0.25) is 0 Å². The highest BCUT2D eigenvalue weighted by Gasteiger charge is 2.00. The first-order chi connectivity index (χ1) is 8.38. The first-order valence-electron chi connectivity index (χ1n) is 6.31. The lowest BCUT2D eigenvalue weighted by molar-refractivity contribution is 0.302. The van der Waals surface area contributed by atoms with E-state index in [1.165, 1.54) is 24.8 Å². The molecule has 1 aromatic rings. The fourth-order valence-corrected chi connectivity index (χ4v) is 1.94. The zero-order chi connectivity index (χ0) is 12.3. The molecule has 0 heterocycles. The second-order valence-electron chi connectivity index (χ2n) is 4.09. The third-order valence-corrected chi connectivity index (χ3v) is 2.96. The number of allylic oxidation sites excluding steroid dienone is 1. The van der Waals surface area contributed by atoms with Crippen molar-refractivity contribution < 1.29 is 4.74 Å². The van der Waals surface area contributed by atoms with Crippen LogP contribution in [-0.2, 0) is 6.42 Å². The van der Waals surface area contributed by atoms with Crippen molar-refractivity contribution in [3.8, 4) is 5.75 Å². The van der Waals surface area contributed by atoms with E-state index in [0.29, 0.717) is 0 Å². The van der Waals surface area contributed by atoms with Crippen LogP contribution in [0, 0.1) is 0 Å². The summed E-state index contributed by atoms with van der Waals surface area (Å²) in [7, 11) is 0. The normalized spacial score (nSPS) is 10.2. The molecule has 0 aromatic heterocycles. The Bertz CT molecular complexity index is 322. The average molecular weight is 250 g/mol. The molecule has 0 aliphatic rings. The Labute approximate surface area is 110 Å². The van der Waals surface area contributed by atoms with Gasteiger partial charge in [-0.15, -0.1) is 6.58 Å². The minimum atomic E-state index is 0.806. The van der Waals surface area contributed by atoms with Gasteiger partial charge in [0.1, 0.15) is 5.75 Å².